The van der Waals surface area contributed by atoms with Gasteiger partial charge in [0.1, 0.15) is 23.9 Å². The molecule has 5 heterocycles. The van der Waals surface area contributed by atoms with E-state index in [9.17, 15) is 32.8 Å². The van der Waals surface area contributed by atoms with E-state index in [-0.39, 0.29) is 49.0 Å². The van der Waals surface area contributed by atoms with Gasteiger partial charge in [-0.1, -0.05) is 6.08 Å². The molecule has 12 nitrogen and oxygen atoms in total. The summed E-state index contributed by atoms with van der Waals surface area (Å²) >= 11 is 0.341. The Morgan fingerprint density at radius 3 is 2.32 bits per heavy atom. The van der Waals surface area contributed by atoms with Crippen LogP contribution in [0.3, 0.4) is 0 Å². The van der Waals surface area contributed by atoms with Gasteiger partial charge in [-0.05, 0) is 68.9 Å². The first-order valence-corrected chi connectivity index (χ1v) is 23.3. The summed E-state index contributed by atoms with van der Waals surface area (Å²) in [5.74, 6) is -7.26. The van der Waals surface area contributed by atoms with Crippen molar-refractivity contribution in [2.24, 2.45) is 5.73 Å². The molecule has 62 heavy (non-hydrogen) atoms. The van der Waals surface area contributed by atoms with Crippen LogP contribution in [0.2, 0.25) is 0 Å². The van der Waals surface area contributed by atoms with Gasteiger partial charge in [0, 0.05) is 85.6 Å². The topological polar surface area (TPSA) is 174 Å². The molecule has 0 aromatic heterocycles. The number of nitrogens with zero attached hydrogens (tertiary/aromatic N) is 3. The first-order valence-electron chi connectivity index (χ1n) is 20.7. The lowest BCUT2D eigenvalue weighted by molar-refractivity contribution is -0.118. The third-order valence-electron chi connectivity index (χ3n) is 12.7. The quantitative estimate of drug-likeness (QED) is 0.0696. The van der Waals surface area contributed by atoms with Crippen molar-refractivity contribution in [1.29, 1.82) is 0 Å². The molecule has 5 N–H and O–H groups in total. The number of hydrogen-bond acceptors (Lipinski definition) is 9. The van der Waals surface area contributed by atoms with E-state index in [0.717, 1.165) is 27.1 Å². The van der Waals surface area contributed by atoms with E-state index in [2.05, 4.69) is 9.48 Å². The second-order valence-corrected chi connectivity index (χ2v) is 20.3. The van der Waals surface area contributed by atoms with Gasteiger partial charge in [0.2, 0.25) is 11.3 Å². The maximum absolute atomic E-state index is 18.0. The summed E-state index contributed by atoms with van der Waals surface area (Å²) in [6.45, 7) is 8.73. The summed E-state index contributed by atoms with van der Waals surface area (Å²) in [6, 6.07) is 3.48. The number of rotatable bonds is 12. The number of primary amides is 1. The Bertz CT molecular complexity index is 2800. The fourth-order valence-electron chi connectivity index (χ4n) is 9.98. The normalized spacial score (nSPS) is 17.9. The number of halogens is 3. The number of ether oxygens (including phenoxy) is 1. The Balaban J connectivity index is 1.55. The molecule has 5 aliphatic heterocycles. The minimum atomic E-state index is -4.59. The van der Waals surface area contributed by atoms with E-state index in [0.29, 0.717) is 84.3 Å². The molecule has 0 saturated carbocycles. The number of anilines is 1. The van der Waals surface area contributed by atoms with Gasteiger partial charge in [0.25, 0.3) is 16.0 Å². The van der Waals surface area contributed by atoms with Gasteiger partial charge in [0.15, 0.2) is 17.2 Å². The molecule has 0 bridgehead atoms. The van der Waals surface area contributed by atoms with Gasteiger partial charge in [-0.2, -0.15) is 8.42 Å². The highest BCUT2D eigenvalue weighted by Gasteiger charge is 2.44. The molecule has 0 fully saturated rings. The summed E-state index contributed by atoms with van der Waals surface area (Å²) in [6.07, 6.45) is 6.33. The van der Waals surface area contributed by atoms with E-state index >= 15 is 13.2 Å². The monoisotopic (exact) mass is 895 g/mol. The van der Waals surface area contributed by atoms with Crippen LogP contribution in [0.25, 0.3) is 16.7 Å². The molecule has 0 atom stereocenters. The number of fused-ring (bicyclic) bond motifs is 4. The van der Waals surface area contributed by atoms with Gasteiger partial charge in [0.05, 0.1) is 51.8 Å². The lowest BCUT2D eigenvalue weighted by atomic mass is 9.78. The Kier molecular flexibility index (Phi) is 11.2. The Morgan fingerprint density at radius 2 is 1.65 bits per heavy atom. The molecular formula is C45H50F3N4O8S2+. The minimum absolute atomic E-state index is 0.000223. The van der Waals surface area contributed by atoms with Crippen LogP contribution in [-0.2, 0) is 27.8 Å². The Hall–Kier alpha value is -4.68. The van der Waals surface area contributed by atoms with Crippen molar-refractivity contribution in [2.75, 3.05) is 56.3 Å². The third kappa shape index (κ3) is 7.22. The van der Waals surface area contributed by atoms with Crippen molar-refractivity contribution in [3.05, 3.63) is 91.3 Å². The van der Waals surface area contributed by atoms with Crippen molar-refractivity contribution in [3.8, 4) is 11.5 Å². The molecule has 3 aromatic rings. The summed E-state index contributed by atoms with van der Waals surface area (Å²) in [5, 5.41) is 22.7. The Labute approximate surface area is 362 Å². The number of aliphatic hydroxyl groups excluding tert-OH is 2. The SMILES string of the molecule is CN(CCCC(N)=O)C(=O)c1c(F)c(F)c(SCCS(=O)(=O)O)c(F)c1C1=c2cc3c4c(c2Oc2c1cc1c5c2CCCN5C(C)(C)C=C1CO)CCC[N+]=4C(C)(C)C=C3CO. The van der Waals surface area contributed by atoms with E-state index in [1.807, 2.05) is 39.8 Å². The van der Waals surface area contributed by atoms with E-state index in [1.165, 1.54) is 7.05 Å². The van der Waals surface area contributed by atoms with Crippen LogP contribution >= 0.6 is 11.8 Å². The van der Waals surface area contributed by atoms with Crippen LogP contribution in [0.1, 0.15) is 97.1 Å². The highest BCUT2D eigenvalue weighted by molar-refractivity contribution is 8.00. The smallest absolute Gasteiger partial charge is 0.265 e. The molecule has 3 aromatic carbocycles. The molecule has 0 radical (unpaired) electrons. The molecule has 0 unspecified atom stereocenters. The average Bonchev–Trinajstić information content (AvgIpc) is 3.21. The van der Waals surface area contributed by atoms with Crippen molar-refractivity contribution in [3.63, 3.8) is 0 Å². The van der Waals surface area contributed by atoms with E-state index < -0.39 is 78.0 Å². The summed E-state index contributed by atoms with van der Waals surface area (Å²) in [4.78, 5) is 28.6. The number of aliphatic hydroxyl groups is 2. The Morgan fingerprint density at radius 1 is 0.952 bits per heavy atom. The highest BCUT2D eigenvalue weighted by atomic mass is 32.2. The van der Waals surface area contributed by atoms with Gasteiger partial charge < -0.3 is 30.5 Å². The first-order chi connectivity index (χ1) is 29.2. The van der Waals surface area contributed by atoms with Crippen LogP contribution in [0.5, 0.6) is 11.5 Å². The number of carbonyl (C=O) groups is 2. The number of thioether (sulfide) groups is 1. The number of hydrogen-bond donors (Lipinski definition) is 4. The lowest BCUT2D eigenvalue weighted by Gasteiger charge is -2.47. The molecule has 8 rings (SSSR count). The molecule has 17 heteroatoms. The number of benzene rings is 3. The van der Waals surface area contributed by atoms with Crippen molar-refractivity contribution >= 4 is 56.1 Å². The predicted molar refractivity (Wildman–Crippen MR) is 231 cm³/mol. The molecule has 0 saturated heterocycles. The number of amides is 2. The zero-order valence-corrected chi connectivity index (χ0v) is 36.9. The highest BCUT2D eigenvalue weighted by Crippen LogP contribution is 2.53. The molecule has 5 aliphatic rings. The third-order valence-corrected chi connectivity index (χ3v) is 14.7. The lowest BCUT2D eigenvalue weighted by Crippen LogP contribution is -2.53. The fraction of sp³-hybridized carbons (Fsp3) is 0.444. The van der Waals surface area contributed by atoms with Gasteiger partial charge in [-0.25, -0.2) is 17.7 Å². The minimum Gasteiger partial charge on any atom is -0.455 e. The maximum atomic E-state index is 18.0. The maximum Gasteiger partial charge on any atom is 0.265 e. The standard InChI is InChI=1S/C45H49F3N4O8S2/c1-44(2)19-23(21-53)27-17-29-32(33-34(43(56)50(5)12-8-11-31(49)55)35(46)37(48)42(36(33)47)61-15-16-62(57,58)59)30-18-28-24(22-54)20-45(3,4)52-14-7-10-26(39(28)52)41(30)60-40(29)25-9-6-13-51(44)38(25)27/h17-20,53-54H,6-16,21-22H2,1-5H3,(H2-,49,55,57,58,59)/p+1. The van der Waals surface area contributed by atoms with Crippen LogP contribution in [0, 0.1) is 17.5 Å². The molecular weight excluding hydrogens is 846 g/mol. The largest absolute Gasteiger partial charge is 0.455 e. The second kappa shape index (κ2) is 15.8. The summed E-state index contributed by atoms with van der Waals surface area (Å²) in [5.41, 5.74) is 7.77. The first kappa shape index (κ1) is 43.9. The number of carbonyl (C=O) groups excluding carboxylic acids is 2. The predicted octanol–water partition coefficient (Wildman–Crippen LogP) is 4.30. The van der Waals surface area contributed by atoms with Crippen LogP contribution in [-0.4, -0.2) is 102 Å². The molecule has 330 valence electrons. The average molecular weight is 896 g/mol. The zero-order valence-electron chi connectivity index (χ0n) is 35.3. The van der Waals surface area contributed by atoms with Gasteiger partial charge >= 0.3 is 0 Å². The van der Waals surface area contributed by atoms with Crippen LogP contribution in [0.15, 0.2) is 29.2 Å². The zero-order chi connectivity index (χ0) is 44.8. The van der Waals surface area contributed by atoms with Gasteiger partial charge in [-0.15, -0.1) is 11.8 Å². The fourth-order valence-corrected chi connectivity index (χ4v) is 11.8. The summed E-state index contributed by atoms with van der Waals surface area (Å²) in [7, 11) is -3.27. The van der Waals surface area contributed by atoms with Crippen LogP contribution < -0.4 is 30.5 Å². The van der Waals surface area contributed by atoms with Crippen molar-refractivity contribution < 1.29 is 50.7 Å². The second-order valence-electron chi connectivity index (χ2n) is 17.7. The molecule has 2 amide bonds. The van der Waals surface area contributed by atoms with Crippen LogP contribution in [0.4, 0.5) is 18.9 Å². The van der Waals surface area contributed by atoms with Crippen molar-refractivity contribution in [1.82, 2.24) is 9.48 Å². The van der Waals surface area contributed by atoms with E-state index in [4.69, 9.17) is 10.5 Å². The molecule has 0 spiro atoms. The number of nitrogens with two attached hydrogens (primary N) is 1. The van der Waals surface area contributed by atoms with Crippen molar-refractivity contribution in [2.45, 2.75) is 82.2 Å². The molecule has 0 aliphatic carbocycles. The summed E-state index contributed by atoms with van der Waals surface area (Å²) < 4.78 is 93.8. The van der Waals surface area contributed by atoms with Gasteiger partial charge in [-0.3, -0.25) is 14.1 Å². The van der Waals surface area contributed by atoms with E-state index in [1.54, 1.807) is 12.1 Å².